The first-order chi connectivity index (χ1) is 10.4. The second-order valence-corrected chi connectivity index (χ2v) is 6.03. The van der Waals surface area contributed by atoms with Gasteiger partial charge in [0.2, 0.25) is 0 Å². The zero-order valence-electron chi connectivity index (χ0n) is 11.7. The third-order valence-electron chi connectivity index (χ3n) is 4.58. The molecule has 0 radical (unpaired) electrons. The van der Waals surface area contributed by atoms with E-state index in [1.54, 1.807) is 6.33 Å². The molecular weight excluding hydrogens is 262 g/mol. The third-order valence-corrected chi connectivity index (χ3v) is 4.58. The summed E-state index contributed by atoms with van der Waals surface area (Å²) in [6.07, 6.45) is 5.24. The van der Waals surface area contributed by atoms with E-state index in [0.29, 0.717) is 6.04 Å². The van der Waals surface area contributed by atoms with E-state index in [2.05, 4.69) is 44.1 Å². The Morgan fingerprint density at radius 2 is 2.10 bits per heavy atom. The number of fused-ring (bicyclic) bond motifs is 2. The fraction of sp³-hybridized carbons (Fsp3) is 0.375. The van der Waals surface area contributed by atoms with Gasteiger partial charge in [-0.25, -0.2) is 9.97 Å². The Kier molecular flexibility index (Phi) is 2.29. The zero-order chi connectivity index (χ0) is 13.8. The van der Waals surface area contributed by atoms with Crippen LogP contribution in [-0.4, -0.2) is 19.5 Å². The number of nitrogens with zero attached hydrogens (tertiary/aromatic N) is 3. The lowest BCUT2D eigenvalue weighted by molar-refractivity contribution is 0.451. The van der Waals surface area contributed by atoms with E-state index in [9.17, 15) is 0 Å². The summed E-state index contributed by atoms with van der Waals surface area (Å²) >= 11 is 0. The highest BCUT2D eigenvalue weighted by Crippen LogP contribution is 2.40. The molecular formula is C16H17N5. The van der Waals surface area contributed by atoms with Crippen molar-refractivity contribution in [2.75, 3.05) is 0 Å². The van der Waals surface area contributed by atoms with Gasteiger partial charge in [-0.05, 0) is 25.0 Å². The van der Waals surface area contributed by atoms with Crippen LogP contribution in [-0.2, 0) is 13.0 Å². The largest absolute Gasteiger partial charge is 0.347 e. The van der Waals surface area contributed by atoms with Gasteiger partial charge in [0.1, 0.15) is 5.82 Å². The lowest BCUT2D eigenvalue weighted by Gasteiger charge is -2.23. The predicted octanol–water partition coefficient (Wildman–Crippen LogP) is 2.48. The van der Waals surface area contributed by atoms with Crippen LogP contribution in [0.4, 0.5) is 0 Å². The van der Waals surface area contributed by atoms with Crippen molar-refractivity contribution in [2.24, 2.45) is 0 Å². The zero-order valence-corrected chi connectivity index (χ0v) is 11.7. The van der Waals surface area contributed by atoms with Gasteiger partial charge < -0.3 is 14.9 Å². The monoisotopic (exact) mass is 279 g/mol. The summed E-state index contributed by atoms with van der Waals surface area (Å²) in [6, 6.07) is 9.36. The van der Waals surface area contributed by atoms with Crippen LogP contribution in [0.2, 0.25) is 0 Å². The molecule has 5 nitrogen and oxygen atoms in total. The molecule has 0 saturated heterocycles. The van der Waals surface area contributed by atoms with Gasteiger partial charge in [0, 0.05) is 19.0 Å². The fourth-order valence-corrected chi connectivity index (χ4v) is 3.38. The van der Waals surface area contributed by atoms with E-state index < -0.39 is 0 Å². The van der Waals surface area contributed by atoms with E-state index >= 15 is 0 Å². The number of rotatable bonds is 2. The first-order valence-electron chi connectivity index (χ1n) is 7.61. The highest BCUT2D eigenvalue weighted by Gasteiger charge is 2.32. The number of H-pyrrole nitrogens is 1. The lowest BCUT2D eigenvalue weighted by Crippen LogP contribution is -2.30. The summed E-state index contributed by atoms with van der Waals surface area (Å²) in [5, 5.41) is 3.61. The van der Waals surface area contributed by atoms with Crippen molar-refractivity contribution in [3.8, 4) is 0 Å². The maximum absolute atomic E-state index is 4.92. The molecule has 1 atom stereocenters. The van der Waals surface area contributed by atoms with E-state index in [0.717, 1.165) is 18.5 Å². The summed E-state index contributed by atoms with van der Waals surface area (Å²) in [4.78, 5) is 12.6. The molecule has 3 heterocycles. The van der Waals surface area contributed by atoms with Gasteiger partial charge in [0.05, 0.1) is 34.8 Å². The molecule has 106 valence electrons. The summed E-state index contributed by atoms with van der Waals surface area (Å²) in [5.74, 6) is 1.17. The van der Waals surface area contributed by atoms with E-state index in [-0.39, 0.29) is 6.04 Å². The van der Waals surface area contributed by atoms with Crippen LogP contribution in [0.25, 0.3) is 11.0 Å². The highest BCUT2D eigenvalue weighted by atomic mass is 15.2. The standard InChI is InChI=1S/C16H17N5/c1-2-4-15-11(3-1)20-16(21(15)10-5-6-10)13-7-12-14(8-17-13)19-9-18-12/h1-4,9-10,13,17H,5-8H2,(H,18,19). The van der Waals surface area contributed by atoms with Gasteiger partial charge in [-0.15, -0.1) is 0 Å². The van der Waals surface area contributed by atoms with Gasteiger partial charge in [-0.2, -0.15) is 0 Å². The topological polar surface area (TPSA) is 58.5 Å². The first kappa shape index (κ1) is 11.5. The average Bonchev–Trinajstić information content (AvgIpc) is 3.12. The summed E-state index contributed by atoms with van der Waals surface area (Å²) in [6.45, 7) is 0.841. The Balaban J connectivity index is 1.63. The van der Waals surface area contributed by atoms with Gasteiger partial charge in [0.25, 0.3) is 0 Å². The van der Waals surface area contributed by atoms with Crippen LogP contribution in [0.1, 0.15) is 42.1 Å². The average molecular weight is 279 g/mol. The van der Waals surface area contributed by atoms with Crippen molar-refractivity contribution in [1.82, 2.24) is 24.8 Å². The molecule has 1 unspecified atom stereocenters. The third kappa shape index (κ3) is 1.74. The molecule has 1 saturated carbocycles. The van der Waals surface area contributed by atoms with Crippen molar-refractivity contribution in [2.45, 2.75) is 37.9 Å². The number of imidazole rings is 2. The molecule has 21 heavy (non-hydrogen) atoms. The van der Waals surface area contributed by atoms with E-state index in [4.69, 9.17) is 4.98 Å². The number of para-hydroxylation sites is 2. The number of nitrogens with one attached hydrogen (secondary N) is 2. The Hall–Kier alpha value is -2.14. The van der Waals surface area contributed by atoms with E-state index in [1.165, 1.54) is 35.6 Å². The van der Waals surface area contributed by atoms with Crippen LogP contribution in [0, 0.1) is 0 Å². The van der Waals surface area contributed by atoms with Crippen LogP contribution >= 0.6 is 0 Å². The second kappa shape index (κ2) is 4.18. The lowest BCUT2D eigenvalue weighted by atomic mass is 10.0. The van der Waals surface area contributed by atoms with Crippen molar-refractivity contribution >= 4 is 11.0 Å². The number of aromatic nitrogens is 4. The van der Waals surface area contributed by atoms with Crippen molar-refractivity contribution in [3.05, 3.63) is 47.8 Å². The maximum atomic E-state index is 4.92. The molecule has 1 aliphatic carbocycles. The highest BCUT2D eigenvalue weighted by molar-refractivity contribution is 5.76. The maximum Gasteiger partial charge on any atom is 0.127 e. The molecule has 0 spiro atoms. The van der Waals surface area contributed by atoms with Gasteiger partial charge >= 0.3 is 0 Å². The van der Waals surface area contributed by atoms with Gasteiger partial charge in [-0.3, -0.25) is 0 Å². The number of aromatic amines is 1. The van der Waals surface area contributed by atoms with Crippen LogP contribution < -0.4 is 5.32 Å². The fourth-order valence-electron chi connectivity index (χ4n) is 3.38. The summed E-state index contributed by atoms with van der Waals surface area (Å²) in [5.41, 5.74) is 4.76. The minimum Gasteiger partial charge on any atom is -0.347 e. The van der Waals surface area contributed by atoms with Gasteiger partial charge in [0.15, 0.2) is 0 Å². The molecule has 1 fully saturated rings. The molecule has 1 aromatic carbocycles. The first-order valence-corrected chi connectivity index (χ1v) is 7.61. The van der Waals surface area contributed by atoms with Crippen molar-refractivity contribution < 1.29 is 0 Å². The molecule has 0 bridgehead atoms. The van der Waals surface area contributed by atoms with Crippen molar-refractivity contribution in [1.29, 1.82) is 0 Å². The Morgan fingerprint density at radius 3 is 3.00 bits per heavy atom. The van der Waals surface area contributed by atoms with E-state index in [1.807, 2.05) is 0 Å². The molecule has 2 aliphatic rings. The molecule has 5 heteroatoms. The summed E-state index contributed by atoms with van der Waals surface area (Å²) in [7, 11) is 0. The Labute approximate surface area is 122 Å². The second-order valence-electron chi connectivity index (χ2n) is 6.03. The molecule has 1 aliphatic heterocycles. The van der Waals surface area contributed by atoms with Crippen molar-refractivity contribution in [3.63, 3.8) is 0 Å². The van der Waals surface area contributed by atoms with Crippen LogP contribution in [0.5, 0.6) is 0 Å². The minimum absolute atomic E-state index is 0.258. The number of benzene rings is 1. The Bertz CT molecular complexity index is 811. The SMILES string of the molecule is c1ccc2c(c1)nc(C1Cc3nc[nH]c3CN1)n2C1CC1. The normalized spacial score (nSPS) is 21.6. The molecule has 2 N–H and O–H groups in total. The quantitative estimate of drug-likeness (QED) is 0.757. The molecule has 0 amide bonds. The minimum atomic E-state index is 0.258. The van der Waals surface area contributed by atoms with Crippen LogP contribution in [0.3, 0.4) is 0 Å². The number of hydrogen-bond donors (Lipinski definition) is 2. The predicted molar refractivity (Wildman–Crippen MR) is 79.9 cm³/mol. The Morgan fingerprint density at radius 1 is 1.19 bits per heavy atom. The number of hydrogen-bond acceptors (Lipinski definition) is 3. The molecule has 5 rings (SSSR count). The molecule has 3 aromatic rings. The summed E-state index contributed by atoms with van der Waals surface area (Å²) < 4.78 is 2.45. The van der Waals surface area contributed by atoms with Gasteiger partial charge in [-0.1, -0.05) is 12.1 Å². The molecule has 2 aromatic heterocycles. The van der Waals surface area contributed by atoms with Crippen LogP contribution in [0.15, 0.2) is 30.6 Å². The smallest absolute Gasteiger partial charge is 0.127 e.